The smallest absolute Gasteiger partial charge is 0.0976 e. The predicted octanol–water partition coefficient (Wildman–Crippen LogP) is 2.32. The minimum Gasteiger partial charge on any atom is -0.395 e. The zero-order valence-corrected chi connectivity index (χ0v) is 18.7. The van der Waals surface area contributed by atoms with E-state index < -0.39 is 12.2 Å². The Morgan fingerprint density at radius 2 is 1.63 bits per heavy atom. The standard InChI is InChI=1S/C24H45NO5/c26-16-22-24(29)23(28)11-13-25(22)12-2-1-3-14-30-17-18-7-9-19(10-8-18)20-5-4-6-21(27)15-20/h18-24,26-29H,1-17H2. The van der Waals surface area contributed by atoms with Crippen molar-refractivity contribution in [1.82, 2.24) is 4.90 Å². The maximum atomic E-state index is 10.0. The molecule has 3 aliphatic rings. The van der Waals surface area contributed by atoms with Crippen LogP contribution in [-0.2, 0) is 4.74 Å². The minimum atomic E-state index is -0.842. The zero-order valence-electron chi connectivity index (χ0n) is 18.7. The first-order valence-electron chi connectivity index (χ1n) is 12.5. The fourth-order valence-corrected chi connectivity index (χ4v) is 6.01. The Bertz CT molecular complexity index is 471. The van der Waals surface area contributed by atoms with Crippen molar-refractivity contribution < 1.29 is 25.2 Å². The van der Waals surface area contributed by atoms with Gasteiger partial charge in [0, 0.05) is 19.8 Å². The lowest BCUT2D eigenvalue weighted by Gasteiger charge is -2.40. The summed E-state index contributed by atoms with van der Waals surface area (Å²) in [6, 6.07) is -0.336. The third-order valence-electron chi connectivity index (χ3n) is 7.99. The fourth-order valence-electron chi connectivity index (χ4n) is 6.01. The summed E-state index contributed by atoms with van der Waals surface area (Å²) >= 11 is 0. The molecule has 0 bridgehead atoms. The Balaban J connectivity index is 1.19. The third-order valence-corrected chi connectivity index (χ3v) is 7.99. The molecule has 1 aliphatic heterocycles. The Morgan fingerprint density at radius 3 is 2.37 bits per heavy atom. The molecule has 6 heteroatoms. The molecular weight excluding hydrogens is 382 g/mol. The second kappa shape index (κ2) is 12.7. The summed E-state index contributed by atoms with van der Waals surface area (Å²) in [6.45, 7) is 3.20. The monoisotopic (exact) mass is 427 g/mol. The number of rotatable bonds is 10. The van der Waals surface area contributed by atoms with E-state index in [1.165, 1.54) is 38.5 Å². The highest BCUT2D eigenvalue weighted by Gasteiger charge is 2.35. The van der Waals surface area contributed by atoms with E-state index in [0.29, 0.717) is 12.3 Å². The largest absolute Gasteiger partial charge is 0.395 e. The molecule has 0 spiro atoms. The summed E-state index contributed by atoms with van der Waals surface area (Å²) in [6.07, 6.45) is 11.9. The highest BCUT2D eigenvalue weighted by atomic mass is 16.5. The Kier molecular flexibility index (Phi) is 10.3. The van der Waals surface area contributed by atoms with Gasteiger partial charge in [-0.25, -0.2) is 0 Å². The molecule has 5 atom stereocenters. The van der Waals surface area contributed by atoms with Crippen LogP contribution in [0.5, 0.6) is 0 Å². The van der Waals surface area contributed by atoms with Crippen molar-refractivity contribution in [3.05, 3.63) is 0 Å². The van der Waals surface area contributed by atoms with E-state index in [2.05, 4.69) is 4.90 Å². The molecule has 0 aromatic rings. The lowest BCUT2D eigenvalue weighted by atomic mass is 9.70. The van der Waals surface area contributed by atoms with Gasteiger partial charge in [-0.3, -0.25) is 4.90 Å². The van der Waals surface area contributed by atoms with Crippen molar-refractivity contribution in [1.29, 1.82) is 0 Å². The van der Waals surface area contributed by atoms with E-state index in [4.69, 9.17) is 4.74 Å². The number of nitrogens with zero attached hydrogens (tertiary/aromatic N) is 1. The van der Waals surface area contributed by atoms with Gasteiger partial charge in [0.2, 0.25) is 0 Å². The van der Waals surface area contributed by atoms with Crippen LogP contribution in [-0.4, -0.2) is 82.6 Å². The van der Waals surface area contributed by atoms with E-state index in [1.54, 1.807) is 0 Å². The Labute approximate surface area is 182 Å². The molecule has 1 saturated heterocycles. The van der Waals surface area contributed by atoms with Crippen molar-refractivity contribution in [2.75, 3.05) is 32.9 Å². The molecular formula is C24H45NO5. The normalized spacial score (nSPS) is 38.6. The fraction of sp³-hybridized carbons (Fsp3) is 1.00. The first-order valence-corrected chi connectivity index (χ1v) is 12.5. The maximum Gasteiger partial charge on any atom is 0.0976 e. The molecule has 3 fully saturated rings. The van der Waals surface area contributed by atoms with Crippen LogP contribution in [0.3, 0.4) is 0 Å². The van der Waals surface area contributed by atoms with Crippen LogP contribution in [0.25, 0.3) is 0 Å². The van der Waals surface area contributed by atoms with Crippen LogP contribution in [0.4, 0.5) is 0 Å². The lowest BCUT2D eigenvalue weighted by molar-refractivity contribution is -0.0897. The minimum absolute atomic E-state index is 0.0501. The van der Waals surface area contributed by atoms with Crippen molar-refractivity contribution in [2.24, 2.45) is 17.8 Å². The van der Waals surface area contributed by atoms with Crippen LogP contribution in [0.15, 0.2) is 0 Å². The first kappa shape index (κ1) is 24.4. The highest BCUT2D eigenvalue weighted by Crippen LogP contribution is 2.40. The average molecular weight is 428 g/mol. The van der Waals surface area contributed by atoms with Gasteiger partial charge in [0.15, 0.2) is 0 Å². The lowest BCUT2D eigenvalue weighted by Crippen LogP contribution is -2.56. The molecule has 2 aliphatic carbocycles. The molecule has 5 unspecified atom stereocenters. The number of piperidine rings is 1. The molecule has 0 aromatic carbocycles. The summed E-state index contributed by atoms with van der Waals surface area (Å²) in [5, 5.41) is 39.2. The average Bonchev–Trinajstić information content (AvgIpc) is 2.76. The number of aliphatic hydroxyl groups excluding tert-OH is 4. The number of ether oxygens (including phenoxy) is 1. The van der Waals surface area contributed by atoms with Crippen molar-refractivity contribution in [3.63, 3.8) is 0 Å². The van der Waals surface area contributed by atoms with E-state index >= 15 is 0 Å². The van der Waals surface area contributed by atoms with Gasteiger partial charge in [-0.05, 0) is 94.9 Å². The van der Waals surface area contributed by atoms with E-state index in [9.17, 15) is 20.4 Å². The Morgan fingerprint density at radius 1 is 0.833 bits per heavy atom. The van der Waals surface area contributed by atoms with Gasteiger partial charge in [0.25, 0.3) is 0 Å². The maximum absolute atomic E-state index is 10.0. The molecule has 6 nitrogen and oxygen atoms in total. The van der Waals surface area contributed by atoms with Gasteiger partial charge in [0.05, 0.1) is 31.0 Å². The number of hydrogen-bond acceptors (Lipinski definition) is 6. The van der Waals surface area contributed by atoms with Gasteiger partial charge in [-0.15, -0.1) is 0 Å². The summed E-state index contributed by atoms with van der Waals surface area (Å²) in [5.74, 6) is 2.29. The van der Waals surface area contributed by atoms with E-state index in [1.807, 2.05) is 0 Å². The molecule has 1 heterocycles. The van der Waals surface area contributed by atoms with E-state index in [0.717, 1.165) is 70.2 Å². The van der Waals surface area contributed by atoms with Crippen molar-refractivity contribution in [3.8, 4) is 0 Å². The van der Waals surface area contributed by atoms with Gasteiger partial charge in [0.1, 0.15) is 0 Å². The van der Waals surface area contributed by atoms with Gasteiger partial charge in [-0.2, -0.15) is 0 Å². The van der Waals surface area contributed by atoms with E-state index in [-0.39, 0.29) is 18.8 Å². The van der Waals surface area contributed by atoms with Crippen LogP contribution in [0.1, 0.15) is 77.0 Å². The summed E-state index contributed by atoms with van der Waals surface area (Å²) in [7, 11) is 0. The summed E-state index contributed by atoms with van der Waals surface area (Å²) in [4.78, 5) is 2.11. The zero-order chi connectivity index (χ0) is 21.3. The molecule has 0 aromatic heterocycles. The molecule has 4 N–H and O–H groups in total. The highest BCUT2D eigenvalue weighted by molar-refractivity contribution is 4.89. The molecule has 30 heavy (non-hydrogen) atoms. The SMILES string of the molecule is OCC1C(O)C(O)CCN1CCCCCOCC1CCC(C2CCCC(O)C2)CC1. The van der Waals surface area contributed by atoms with Crippen molar-refractivity contribution >= 4 is 0 Å². The van der Waals surface area contributed by atoms with Crippen LogP contribution in [0.2, 0.25) is 0 Å². The molecule has 3 rings (SSSR count). The Hall–Kier alpha value is -0.240. The van der Waals surface area contributed by atoms with Gasteiger partial charge >= 0.3 is 0 Å². The molecule has 2 saturated carbocycles. The second-order valence-corrected chi connectivity index (χ2v) is 10.1. The second-order valence-electron chi connectivity index (χ2n) is 10.1. The predicted molar refractivity (Wildman–Crippen MR) is 117 cm³/mol. The molecule has 0 radical (unpaired) electrons. The quantitative estimate of drug-likeness (QED) is 0.400. The van der Waals surface area contributed by atoms with Gasteiger partial charge in [-0.1, -0.05) is 6.42 Å². The number of aliphatic hydroxyl groups is 4. The first-order chi connectivity index (χ1) is 14.6. The summed E-state index contributed by atoms with van der Waals surface area (Å²) < 4.78 is 5.97. The van der Waals surface area contributed by atoms with Crippen LogP contribution < -0.4 is 0 Å². The molecule has 0 amide bonds. The van der Waals surface area contributed by atoms with Crippen LogP contribution in [0, 0.1) is 17.8 Å². The topological polar surface area (TPSA) is 93.4 Å². The third kappa shape index (κ3) is 7.14. The molecule has 176 valence electrons. The van der Waals surface area contributed by atoms with Gasteiger partial charge < -0.3 is 25.2 Å². The van der Waals surface area contributed by atoms with Crippen LogP contribution >= 0.6 is 0 Å². The number of hydrogen-bond donors (Lipinski definition) is 4. The number of likely N-dealkylation sites (tertiary alicyclic amines) is 1. The van der Waals surface area contributed by atoms with Crippen molar-refractivity contribution in [2.45, 2.75) is 101 Å². The number of unbranched alkanes of at least 4 members (excludes halogenated alkanes) is 2. The summed E-state index contributed by atoms with van der Waals surface area (Å²) in [5.41, 5.74) is 0.